The topological polar surface area (TPSA) is 73.6 Å². The van der Waals surface area contributed by atoms with E-state index in [4.69, 9.17) is 15.2 Å². The normalized spacial score (nSPS) is 22.7. The fourth-order valence-electron chi connectivity index (χ4n) is 1.46. The Labute approximate surface area is 96.1 Å². The lowest BCUT2D eigenvalue weighted by atomic mass is 10.1. The van der Waals surface area contributed by atoms with Crippen molar-refractivity contribution in [1.82, 2.24) is 5.32 Å². The summed E-state index contributed by atoms with van der Waals surface area (Å²) in [7, 11) is 1.48. The Hall–Kier alpha value is -0.360. The molecule has 1 amide bonds. The van der Waals surface area contributed by atoms with E-state index >= 15 is 0 Å². The molecule has 2 atom stereocenters. The minimum atomic E-state index is -0.545. The molecule has 0 aromatic rings. The molecule has 90 valence electrons. The highest BCUT2D eigenvalue weighted by Crippen LogP contribution is 2.06. The van der Waals surface area contributed by atoms with Crippen LogP contribution in [0.25, 0.3) is 0 Å². The quantitative estimate of drug-likeness (QED) is 0.704. The fraction of sp³-hybridized carbons (Fsp3) is 0.889. The predicted octanol–water partition coefficient (Wildman–Crippen LogP) is -0.323. The van der Waals surface area contributed by atoms with Gasteiger partial charge in [-0.3, -0.25) is 4.79 Å². The predicted molar refractivity (Wildman–Crippen MR) is 59.1 cm³/mol. The molecule has 1 aliphatic rings. The Morgan fingerprint density at radius 3 is 2.93 bits per heavy atom. The highest BCUT2D eigenvalue weighted by atomic mass is 35.5. The monoisotopic (exact) mass is 238 g/mol. The molecule has 5 nitrogen and oxygen atoms in total. The summed E-state index contributed by atoms with van der Waals surface area (Å²) in [6.07, 6.45) is 1.41. The molecule has 0 saturated carbocycles. The smallest absolute Gasteiger partial charge is 0.250 e. The average Bonchev–Trinajstić information content (AvgIpc) is 2.21. The number of rotatable bonds is 4. The molecule has 0 bridgehead atoms. The first-order valence-corrected chi connectivity index (χ1v) is 4.89. The van der Waals surface area contributed by atoms with E-state index in [9.17, 15) is 4.79 Å². The second-order valence-corrected chi connectivity index (χ2v) is 3.38. The maximum absolute atomic E-state index is 11.5. The minimum absolute atomic E-state index is 0. The summed E-state index contributed by atoms with van der Waals surface area (Å²) in [6, 6.07) is 0.112. The number of carbonyl (C=O) groups is 1. The van der Waals surface area contributed by atoms with Crippen LogP contribution in [0.1, 0.15) is 12.8 Å². The van der Waals surface area contributed by atoms with Crippen molar-refractivity contribution in [3.8, 4) is 0 Å². The van der Waals surface area contributed by atoms with E-state index in [0.29, 0.717) is 6.61 Å². The van der Waals surface area contributed by atoms with Crippen LogP contribution in [0.2, 0.25) is 0 Å². The Morgan fingerprint density at radius 2 is 2.47 bits per heavy atom. The number of hydrogen-bond acceptors (Lipinski definition) is 4. The number of ether oxygens (including phenoxy) is 2. The van der Waals surface area contributed by atoms with Crippen molar-refractivity contribution in [1.29, 1.82) is 0 Å². The minimum Gasteiger partial charge on any atom is -0.379 e. The zero-order chi connectivity index (χ0) is 10.4. The van der Waals surface area contributed by atoms with Crippen LogP contribution in [0.4, 0.5) is 0 Å². The summed E-state index contributed by atoms with van der Waals surface area (Å²) in [5.74, 6) is -0.148. The van der Waals surface area contributed by atoms with E-state index < -0.39 is 6.10 Å². The third kappa shape index (κ3) is 4.79. The molecule has 1 aliphatic heterocycles. The summed E-state index contributed by atoms with van der Waals surface area (Å²) in [4.78, 5) is 11.5. The molecule has 1 rings (SSSR count). The van der Waals surface area contributed by atoms with Crippen molar-refractivity contribution in [3.63, 3.8) is 0 Å². The highest BCUT2D eigenvalue weighted by molar-refractivity contribution is 5.85. The van der Waals surface area contributed by atoms with Gasteiger partial charge >= 0.3 is 0 Å². The fourth-order valence-corrected chi connectivity index (χ4v) is 1.46. The molecule has 2 unspecified atom stereocenters. The van der Waals surface area contributed by atoms with E-state index in [1.54, 1.807) is 0 Å². The Bertz CT molecular complexity index is 182. The summed E-state index contributed by atoms with van der Waals surface area (Å²) < 4.78 is 10.2. The Kier molecular flexibility index (Phi) is 7.68. The van der Waals surface area contributed by atoms with Crippen molar-refractivity contribution in [2.75, 3.05) is 26.9 Å². The summed E-state index contributed by atoms with van der Waals surface area (Å²) in [5, 5.41) is 2.85. The number of hydrogen-bond donors (Lipinski definition) is 2. The van der Waals surface area contributed by atoms with Gasteiger partial charge in [-0.1, -0.05) is 0 Å². The van der Waals surface area contributed by atoms with Gasteiger partial charge in [0, 0.05) is 20.3 Å². The van der Waals surface area contributed by atoms with Gasteiger partial charge in [0.05, 0.1) is 12.6 Å². The van der Waals surface area contributed by atoms with Crippen LogP contribution in [-0.2, 0) is 14.3 Å². The van der Waals surface area contributed by atoms with Gasteiger partial charge in [0.2, 0.25) is 0 Å². The Balaban J connectivity index is 0.00000196. The molecule has 0 radical (unpaired) electrons. The van der Waals surface area contributed by atoms with Crippen LogP contribution in [0.15, 0.2) is 0 Å². The first-order valence-electron chi connectivity index (χ1n) is 4.89. The standard InChI is InChI=1S/C9H18N2O3.ClH/c1-13-8(5-10)9(12)11-7-3-2-4-14-6-7;/h7-8H,2-6,10H2,1H3,(H,11,12);1H. The second kappa shape index (κ2) is 7.87. The number of carbonyl (C=O) groups excluding carboxylic acids is 1. The van der Waals surface area contributed by atoms with Crippen LogP contribution >= 0.6 is 12.4 Å². The van der Waals surface area contributed by atoms with E-state index in [2.05, 4.69) is 5.32 Å². The van der Waals surface area contributed by atoms with Crippen molar-refractivity contribution in [2.24, 2.45) is 5.73 Å². The maximum Gasteiger partial charge on any atom is 0.250 e. The zero-order valence-electron chi connectivity index (χ0n) is 8.90. The number of nitrogens with two attached hydrogens (primary N) is 1. The van der Waals surface area contributed by atoms with Crippen molar-refractivity contribution >= 4 is 18.3 Å². The first-order chi connectivity index (χ1) is 6.77. The van der Waals surface area contributed by atoms with Crippen LogP contribution in [-0.4, -0.2) is 44.9 Å². The molecular formula is C9H19ClN2O3. The number of nitrogens with one attached hydrogen (secondary N) is 1. The molecule has 0 aromatic carbocycles. The molecule has 1 saturated heterocycles. The Morgan fingerprint density at radius 1 is 1.73 bits per heavy atom. The molecular weight excluding hydrogens is 220 g/mol. The summed E-state index contributed by atoms with van der Waals surface area (Å²) in [5.41, 5.74) is 5.37. The molecule has 0 aromatic heterocycles. The summed E-state index contributed by atoms with van der Waals surface area (Å²) in [6.45, 7) is 1.58. The van der Waals surface area contributed by atoms with Gasteiger partial charge in [0.1, 0.15) is 6.10 Å². The molecule has 6 heteroatoms. The number of halogens is 1. The van der Waals surface area contributed by atoms with Gasteiger partial charge in [-0.2, -0.15) is 0 Å². The van der Waals surface area contributed by atoms with Crippen molar-refractivity contribution in [2.45, 2.75) is 25.0 Å². The lowest BCUT2D eigenvalue weighted by Gasteiger charge is -2.24. The van der Waals surface area contributed by atoms with Gasteiger partial charge < -0.3 is 20.5 Å². The van der Waals surface area contributed by atoms with Gasteiger partial charge in [0.15, 0.2) is 0 Å². The van der Waals surface area contributed by atoms with Crippen LogP contribution in [0, 0.1) is 0 Å². The number of methoxy groups -OCH3 is 1. The largest absolute Gasteiger partial charge is 0.379 e. The van der Waals surface area contributed by atoms with E-state index in [-0.39, 0.29) is 30.9 Å². The molecule has 0 spiro atoms. The van der Waals surface area contributed by atoms with Crippen LogP contribution in [0.5, 0.6) is 0 Å². The average molecular weight is 239 g/mol. The van der Waals surface area contributed by atoms with E-state index in [1.807, 2.05) is 0 Å². The summed E-state index contributed by atoms with van der Waals surface area (Å²) >= 11 is 0. The van der Waals surface area contributed by atoms with Gasteiger partial charge in [-0.15, -0.1) is 12.4 Å². The van der Waals surface area contributed by atoms with Crippen molar-refractivity contribution < 1.29 is 14.3 Å². The van der Waals surface area contributed by atoms with E-state index in [0.717, 1.165) is 19.4 Å². The van der Waals surface area contributed by atoms with Gasteiger partial charge in [-0.05, 0) is 12.8 Å². The molecule has 1 heterocycles. The van der Waals surface area contributed by atoms with Crippen LogP contribution < -0.4 is 11.1 Å². The maximum atomic E-state index is 11.5. The van der Waals surface area contributed by atoms with Crippen molar-refractivity contribution in [3.05, 3.63) is 0 Å². The third-order valence-electron chi connectivity index (χ3n) is 2.30. The van der Waals surface area contributed by atoms with Gasteiger partial charge in [0.25, 0.3) is 5.91 Å². The lowest BCUT2D eigenvalue weighted by molar-refractivity contribution is -0.132. The third-order valence-corrected chi connectivity index (χ3v) is 2.30. The molecule has 1 fully saturated rings. The number of amides is 1. The molecule has 3 N–H and O–H groups in total. The van der Waals surface area contributed by atoms with Gasteiger partial charge in [-0.25, -0.2) is 0 Å². The second-order valence-electron chi connectivity index (χ2n) is 3.38. The zero-order valence-corrected chi connectivity index (χ0v) is 9.72. The van der Waals surface area contributed by atoms with Crippen LogP contribution in [0.3, 0.4) is 0 Å². The molecule has 15 heavy (non-hydrogen) atoms. The lowest BCUT2D eigenvalue weighted by Crippen LogP contribution is -2.47. The van der Waals surface area contributed by atoms with E-state index in [1.165, 1.54) is 7.11 Å². The first kappa shape index (κ1) is 14.6. The SMILES string of the molecule is COC(CN)C(=O)NC1CCCOC1.Cl. The molecule has 0 aliphatic carbocycles. The highest BCUT2D eigenvalue weighted by Gasteiger charge is 2.21.